The summed E-state index contributed by atoms with van der Waals surface area (Å²) >= 11 is 0. The van der Waals surface area contributed by atoms with Gasteiger partial charge in [0.25, 0.3) is 0 Å². The van der Waals surface area contributed by atoms with Gasteiger partial charge in [0.1, 0.15) is 0 Å². The number of nitrogens with two attached hydrogens (primary N) is 1. The quantitative estimate of drug-likeness (QED) is 0.945. The fraction of sp³-hybridized carbons (Fsp3) is 0.368. The van der Waals surface area contributed by atoms with E-state index in [0.29, 0.717) is 5.92 Å². The summed E-state index contributed by atoms with van der Waals surface area (Å²) in [5.74, 6) is 2.17. The Bertz CT molecular complexity index is 670. The molecule has 0 spiro atoms. The van der Waals surface area contributed by atoms with Crippen LogP contribution in [0.3, 0.4) is 0 Å². The first-order valence-corrected chi connectivity index (χ1v) is 7.97. The maximum absolute atomic E-state index is 6.59. The van der Waals surface area contributed by atoms with Gasteiger partial charge < -0.3 is 15.2 Å². The third-order valence-corrected chi connectivity index (χ3v) is 4.67. The van der Waals surface area contributed by atoms with Gasteiger partial charge in [0.15, 0.2) is 11.5 Å². The minimum absolute atomic E-state index is 0.124. The fourth-order valence-electron chi connectivity index (χ4n) is 3.35. The number of fused-ring (bicyclic) bond motifs is 1. The standard InChI is InChI=1S/C19H21NO2/c20-19(13-16(19)15-5-2-1-3-6-15)12-14-7-8-17-18(11-14)22-10-4-9-21-17/h1-3,5-8,11,16H,4,9-10,12-13,20H2. The van der Waals surface area contributed by atoms with Gasteiger partial charge in [-0.05, 0) is 36.1 Å². The highest BCUT2D eigenvalue weighted by atomic mass is 16.5. The number of ether oxygens (including phenoxy) is 2. The molecule has 2 aromatic rings. The summed E-state index contributed by atoms with van der Waals surface area (Å²) in [5.41, 5.74) is 9.04. The second-order valence-corrected chi connectivity index (χ2v) is 6.41. The van der Waals surface area contributed by atoms with Crippen molar-refractivity contribution in [3.8, 4) is 11.5 Å². The van der Waals surface area contributed by atoms with E-state index in [1.165, 1.54) is 11.1 Å². The predicted molar refractivity (Wildman–Crippen MR) is 86.5 cm³/mol. The molecule has 1 saturated carbocycles. The molecule has 2 atom stereocenters. The first-order chi connectivity index (χ1) is 10.7. The Balaban J connectivity index is 1.51. The van der Waals surface area contributed by atoms with Gasteiger partial charge in [0, 0.05) is 17.9 Å². The first kappa shape index (κ1) is 13.6. The van der Waals surface area contributed by atoms with E-state index in [2.05, 4.69) is 36.4 Å². The number of benzene rings is 2. The molecule has 2 unspecified atom stereocenters. The molecule has 0 radical (unpaired) electrons. The number of rotatable bonds is 3. The summed E-state index contributed by atoms with van der Waals surface area (Å²) in [6.07, 6.45) is 2.86. The molecular formula is C19H21NO2. The van der Waals surface area contributed by atoms with Gasteiger partial charge in [0.05, 0.1) is 13.2 Å². The van der Waals surface area contributed by atoms with Crippen LogP contribution in [0.25, 0.3) is 0 Å². The maximum atomic E-state index is 6.59. The van der Waals surface area contributed by atoms with Crippen molar-refractivity contribution < 1.29 is 9.47 Å². The predicted octanol–water partition coefficient (Wildman–Crippen LogP) is 3.28. The monoisotopic (exact) mass is 295 g/mol. The zero-order chi connectivity index (χ0) is 15.0. The van der Waals surface area contributed by atoms with Gasteiger partial charge in [-0.2, -0.15) is 0 Å². The van der Waals surface area contributed by atoms with Crippen LogP contribution in [-0.2, 0) is 6.42 Å². The molecule has 0 aromatic heterocycles. The van der Waals surface area contributed by atoms with Crippen LogP contribution in [0.1, 0.15) is 29.9 Å². The summed E-state index contributed by atoms with van der Waals surface area (Å²) in [6.45, 7) is 1.44. The minimum Gasteiger partial charge on any atom is -0.490 e. The molecular weight excluding hydrogens is 274 g/mol. The highest BCUT2D eigenvalue weighted by Gasteiger charge is 2.51. The molecule has 2 aromatic carbocycles. The van der Waals surface area contributed by atoms with Gasteiger partial charge in [0.2, 0.25) is 0 Å². The van der Waals surface area contributed by atoms with Crippen molar-refractivity contribution in [3.63, 3.8) is 0 Å². The van der Waals surface area contributed by atoms with Crippen LogP contribution in [0.5, 0.6) is 11.5 Å². The van der Waals surface area contributed by atoms with Crippen LogP contribution >= 0.6 is 0 Å². The lowest BCUT2D eigenvalue weighted by Crippen LogP contribution is -2.27. The summed E-state index contributed by atoms with van der Waals surface area (Å²) in [6, 6.07) is 16.8. The number of hydrogen-bond donors (Lipinski definition) is 1. The topological polar surface area (TPSA) is 44.5 Å². The lowest BCUT2D eigenvalue weighted by Gasteiger charge is -2.14. The van der Waals surface area contributed by atoms with E-state index in [1.54, 1.807) is 0 Å². The van der Waals surface area contributed by atoms with Gasteiger partial charge in [-0.15, -0.1) is 0 Å². The van der Waals surface area contributed by atoms with Crippen molar-refractivity contribution in [2.24, 2.45) is 5.73 Å². The highest BCUT2D eigenvalue weighted by Crippen LogP contribution is 2.51. The maximum Gasteiger partial charge on any atom is 0.161 e. The van der Waals surface area contributed by atoms with E-state index in [4.69, 9.17) is 15.2 Å². The lowest BCUT2D eigenvalue weighted by atomic mass is 9.99. The van der Waals surface area contributed by atoms with Crippen LogP contribution in [0.4, 0.5) is 0 Å². The summed E-state index contributed by atoms with van der Waals surface area (Å²) in [4.78, 5) is 0. The molecule has 114 valence electrons. The lowest BCUT2D eigenvalue weighted by molar-refractivity contribution is 0.297. The van der Waals surface area contributed by atoms with Crippen molar-refractivity contribution in [1.82, 2.24) is 0 Å². The molecule has 22 heavy (non-hydrogen) atoms. The van der Waals surface area contributed by atoms with Gasteiger partial charge in [-0.3, -0.25) is 0 Å². The van der Waals surface area contributed by atoms with E-state index in [0.717, 1.165) is 44.0 Å². The number of hydrogen-bond acceptors (Lipinski definition) is 3. The Morgan fingerprint density at radius 1 is 1.00 bits per heavy atom. The highest BCUT2D eigenvalue weighted by molar-refractivity contribution is 5.45. The van der Waals surface area contributed by atoms with E-state index >= 15 is 0 Å². The summed E-state index contributed by atoms with van der Waals surface area (Å²) < 4.78 is 11.5. The first-order valence-electron chi connectivity index (χ1n) is 7.97. The van der Waals surface area contributed by atoms with E-state index < -0.39 is 0 Å². The Labute approximate surface area is 131 Å². The van der Waals surface area contributed by atoms with Crippen LogP contribution in [0, 0.1) is 0 Å². The largest absolute Gasteiger partial charge is 0.490 e. The van der Waals surface area contributed by atoms with Crippen LogP contribution in [0.15, 0.2) is 48.5 Å². The van der Waals surface area contributed by atoms with E-state index in [1.807, 2.05) is 12.1 Å². The smallest absolute Gasteiger partial charge is 0.161 e. The van der Waals surface area contributed by atoms with Crippen molar-refractivity contribution in [2.45, 2.75) is 30.7 Å². The Morgan fingerprint density at radius 3 is 2.59 bits per heavy atom. The van der Waals surface area contributed by atoms with Crippen LogP contribution < -0.4 is 15.2 Å². The molecule has 1 aliphatic heterocycles. The van der Waals surface area contributed by atoms with Crippen molar-refractivity contribution in [2.75, 3.05) is 13.2 Å². The molecule has 2 N–H and O–H groups in total. The van der Waals surface area contributed by atoms with Gasteiger partial charge in [-0.1, -0.05) is 36.4 Å². The van der Waals surface area contributed by atoms with Crippen molar-refractivity contribution >= 4 is 0 Å². The fourth-order valence-corrected chi connectivity index (χ4v) is 3.35. The van der Waals surface area contributed by atoms with Crippen molar-refractivity contribution in [3.05, 3.63) is 59.7 Å². The third kappa shape index (κ3) is 2.57. The SMILES string of the molecule is NC1(Cc2ccc3c(c2)OCCCO3)CC1c1ccccc1. The minimum atomic E-state index is -0.124. The van der Waals surface area contributed by atoms with Crippen LogP contribution in [-0.4, -0.2) is 18.8 Å². The summed E-state index contributed by atoms with van der Waals surface area (Å²) in [5, 5.41) is 0. The average molecular weight is 295 g/mol. The zero-order valence-corrected chi connectivity index (χ0v) is 12.6. The van der Waals surface area contributed by atoms with E-state index in [-0.39, 0.29) is 5.54 Å². The molecule has 0 bridgehead atoms. The second kappa shape index (κ2) is 5.33. The molecule has 4 rings (SSSR count). The van der Waals surface area contributed by atoms with E-state index in [9.17, 15) is 0 Å². The zero-order valence-electron chi connectivity index (χ0n) is 12.6. The Hall–Kier alpha value is -2.00. The molecule has 3 nitrogen and oxygen atoms in total. The molecule has 0 amide bonds. The third-order valence-electron chi connectivity index (χ3n) is 4.67. The Kier molecular flexibility index (Phi) is 3.30. The Morgan fingerprint density at radius 2 is 1.77 bits per heavy atom. The van der Waals surface area contributed by atoms with Crippen molar-refractivity contribution in [1.29, 1.82) is 0 Å². The molecule has 1 fully saturated rings. The second-order valence-electron chi connectivity index (χ2n) is 6.41. The molecule has 0 saturated heterocycles. The normalized spacial score (nSPS) is 26.3. The molecule has 1 aliphatic carbocycles. The molecule has 1 heterocycles. The van der Waals surface area contributed by atoms with Crippen LogP contribution in [0.2, 0.25) is 0 Å². The molecule has 2 aliphatic rings. The molecule has 3 heteroatoms. The summed E-state index contributed by atoms with van der Waals surface area (Å²) in [7, 11) is 0. The van der Waals surface area contributed by atoms with Gasteiger partial charge in [-0.25, -0.2) is 0 Å². The van der Waals surface area contributed by atoms with Gasteiger partial charge >= 0.3 is 0 Å². The average Bonchev–Trinajstić information content (AvgIpc) is 3.26.